The van der Waals surface area contributed by atoms with Crippen molar-refractivity contribution in [3.8, 4) is 0 Å². The molecule has 2 unspecified atom stereocenters. The predicted molar refractivity (Wildman–Crippen MR) is 67.9 cm³/mol. The molecular weight excluding hydrogens is 214 g/mol. The predicted octanol–water partition coefficient (Wildman–Crippen LogP) is 1.97. The quantitative estimate of drug-likeness (QED) is 0.846. The fourth-order valence-corrected chi connectivity index (χ4v) is 2.15. The molecule has 0 radical (unpaired) electrons. The Morgan fingerprint density at radius 3 is 2.94 bits per heavy atom. The summed E-state index contributed by atoms with van der Waals surface area (Å²) in [7, 11) is 0. The van der Waals surface area contributed by atoms with Crippen molar-refractivity contribution in [2.45, 2.75) is 32.1 Å². The Morgan fingerprint density at radius 2 is 2.18 bits per heavy atom. The number of hydrogen-bond donors (Lipinski definition) is 1. The van der Waals surface area contributed by atoms with Crippen LogP contribution >= 0.6 is 0 Å². The van der Waals surface area contributed by atoms with Crippen LogP contribution in [0, 0.1) is 0 Å². The average Bonchev–Trinajstić information content (AvgIpc) is 2.39. The lowest BCUT2D eigenvalue weighted by molar-refractivity contribution is -0.0751. The lowest BCUT2D eigenvalue weighted by atomic mass is 10.1. The number of hydrogen-bond acceptors (Lipinski definition) is 3. The highest BCUT2D eigenvalue weighted by molar-refractivity contribution is 5.13. The van der Waals surface area contributed by atoms with Crippen LogP contribution in [0.3, 0.4) is 0 Å². The van der Waals surface area contributed by atoms with Gasteiger partial charge >= 0.3 is 0 Å². The Labute approximate surface area is 103 Å². The standard InChI is InChI=1S/C14H21NO2/c1-2-15-13-8-9-16-11-14(13)17-10-12-6-4-3-5-7-12/h3-7,13-15H,2,8-11H2,1H3. The molecule has 1 fully saturated rings. The SMILES string of the molecule is CCNC1CCOCC1OCc1ccccc1. The Hall–Kier alpha value is -0.900. The van der Waals surface area contributed by atoms with Gasteiger partial charge in [-0.15, -0.1) is 0 Å². The van der Waals surface area contributed by atoms with Crippen LogP contribution in [0.25, 0.3) is 0 Å². The summed E-state index contributed by atoms with van der Waals surface area (Å²) in [5.41, 5.74) is 1.22. The highest BCUT2D eigenvalue weighted by atomic mass is 16.5. The van der Waals surface area contributed by atoms with Crippen molar-refractivity contribution in [1.82, 2.24) is 5.32 Å². The summed E-state index contributed by atoms with van der Waals surface area (Å²) in [6.07, 6.45) is 1.21. The molecule has 1 aliphatic rings. The first kappa shape index (κ1) is 12.6. The molecule has 0 amide bonds. The fraction of sp³-hybridized carbons (Fsp3) is 0.571. The van der Waals surface area contributed by atoms with Crippen molar-refractivity contribution in [2.75, 3.05) is 19.8 Å². The van der Waals surface area contributed by atoms with Crippen LogP contribution in [0.4, 0.5) is 0 Å². The largest absolute Gasteiger partial charge is 0.379 e. The third-order valence-corrected chi connectivity index (χ3v) is 3.08. The van der Waals surface area contributed by atoms with E-state index in [-0.39, 0.29) is 6.10 Å². The van der Waals surface area contributed by atoms with Gasteiger partial charge in [0.05, 0.1) is 19.3 Å². The third kappa shape index (κ3) is 3.80. The van der Waals surface area contributed by atoms with Crippen molar-refractivity contribution in [3.05, 3.63) is 35.9 Å². The monoisotopic (exact) mass is 235 g/mol. The fourth-order valence-electron chi connectivity index (χ4n) is 2.15. The lowest BCUT2D eigenvalue weighted by Gasteiger charge is -2.32. The van der Waals surface area contributed by atoms with Crippen LogP contribution in [0.1, 0.15) is 18.9 Å². The molecule has 2 rings (SSSR count). The Kier molecular flexibility index (Phi) is 4.98. The normalized spacial score (nSPS) is 24.8. The Morgan fingerprint density at radius 1 is 1.35 bits per heavy atom. The summed E-state index contributed by atoms with van der Waals surface area (Å²) in [5.74, 6) is 0. The van der Waals surface area contributed by atoms with E-state index in [9.17, 15) is 0 Å². The van der Waals surface area contributed by atoms with Gasteiger partial charge in [0.1, 0.15) is 0 Å². The zero-order chi connectivity index (χ0) is 11.9. The van der Waals surface area contributed by atoms with Crippen molar-refractivity contribution >= 4 is 0 Å². The van der Waals surface area contributed by atoms with E-state index in [0.717, 1.165) is 19.6 Å². The number of likely N-dealkylation sites (N-methyl/N-ethyl adjacent to an activating group) is 1. The Bertz CT molecular complexity index is 313. The molecule has 0 spiro atoms. The minimum atomic E-state index is 0.170. The van der Waals surface area contributed by atoms with Crippen LogP contribution < -0.4 is 5.32 Å². The summed E-state index contributed by atoms with van der Waals surface area (Å²) in [6, 6.07) is 10.7. The topological polar surface area (TPSA) is 30.5 Å². The zero-order valence-corrected chi connectivity index (χ0v) is 10.4. The maximum absolute atomic E-state index is 5.95. The first-order valence-electron chi connectivity index (χ1n) is 6.37. The van der Waals surface area contributed by atoms with Gasteiger partial charge in [-0.05, 0) is 18.5 Å². The second-order valence-corrected chi connectivity index (χ2v) is 4.36. The van der Waals surface area contributed by atoms with E-state index in [4.69, 9.17) is 9.47 Å². The van der Waals surface area contributed by atoms with Gasteiger partial charge in [-0.1, -0.05) is 37.3 Å². The van der Waals surface area contributed by atoms with Gasteiger partial charge in [-0.25, -0.2) is 0 Å². The average molecular weight is 235 g/mol. The highest BCUT2D eigenvalue weighted by Gasteiger charge is 2.25. The second kappa shape index (κ2) is 6.74. The Balaban J connectivity index is 1.84. The van der Waals surface area contributed by atoms with Crippen molar-refractivity contribution in [2.24, 2.45) is 0 Å². The maximum atomic E-state index is 5.95. The number of ether oxygens (including phenoxy) is 2. The van der Waals surface area contributed by atoms with Gasteiger partial charge in [0.15, 0.2) is 0 Å². The molecule has 0 bridgehead atoms. The lowest BCUT2D eigenvalue weighted by Crippen LogP contribution is -2.47. The van der Waals surface area contributed by atoms with Crippen molar-refractivity contribution in [3.63, 3.8) is 0 Å². The van der Waals surface area contributed by atoms with E-state index in [1.807, 2.05) is 18.2 Å². The van der Waals surface area contributed by atoms with Crippen molar-refractivity contribution in [1.29, 1.82) is 0 Å². The number of benzene rings is 1. The molecule has 94 valence electrons. The van der Waals surface area contributed by atoms with Gasteiger partial charge in [0.25, 0.3) is 0 Å². The van der Waals surface area contributed by atoms with E-state index >= 15 is 0 Å². The van der Waals surface area contributed by atoms with Gasteiger partial charge in [0, 0.05) is 12.6 Å². The molecular formula is C14H21NO2. The van der Waals surface area contributed by atoms with Crippen LogP contribution in [0.2, 0.25) is 0 Å². The van der Waals surface area contributed by atoms with E-state index < -0.39 is 0 Å². The maximum Gasteiger partial charge on any atom is 0.0966 e. The van der Waals surface area contributed by atoms with Gasteiger partial charge in [0.2, 0.25) is 0 Å². The van der Waals surface area contributed by atoms with Gasteiger partial charge in [-0.2, -0.15) is 0 Å². The molecule has 2 atom stereocenters. The summed E-state index contributed by atoms with van der Waals surface area (Å²) in [5, 5.41) is 3.47. The van der Waals surface area contributed by atoms with E-state index in [2.05, 4.69) is 24.4 Å². The summed E-state index contributed by atoms with van der Waals surface area (Å²) < 4.78 is 11.4. The molecule has 1 heterocycles. The zero-order valence-electron chi connectivity index (χ0n) is 10.4. The van der Waals surface area contributed by atoms with E-state index in [0.29, 0.717) is 19.3 Å². The van der Waals surface area contributed by atoms with Gasteiger partial charge in [-0.3, -0.25) is 0 Å². The third-order valence-electron chi connectivity index (χ3n) is 3.08. The highest BCUT2D eigenvalue weighted by Crippen LogP contribution is 2.13. The van der Waals surface area contributed by atoms with Crippen LogP contribution in [0.15, 0.2) is 30.3 Å². The molecule has 1 aliphatic heterocycles. The molecule has 3 heteroatoms. The molecule has 1 N–H and O–H groups in total. The first-order valence-corrected chi connectivity index (χ1v) is 6.37. The summed E-state index contributed by atoms with van der Waals surface area (Å²) >= 11 is 0. The molecule has 17 heavy (non-hydrogen) atoms. The summed E-state index contributed by atoms with van der Waals surface area (Å²) in [4.78, 5) is 0. The van der Waals surface area contributed by atoms with E-state index in [1.54, 1.807) is 0 Å². The van der Waals surface area contributed by atoms with E-state index in [1.165, 1.54) is 5.56 Å². The summed E-state index contributed by atoms with van der Waals surface area (Å²) in [6.45, 7) is 5.31. The van der Waals surface area contributed by atoms with Crippen LogP contribution in [-0.2, 0) is 16.1 Å². The minimum Gasteiger partial charge on any atom is -0.379 e. The molecule has 0 aromatic heterocycles. The smallest absolute Gasteiger partial charge is 0.0966 e. The molecule has 1 aromatic carbocycles. The van der Waals surface area contributed by atoms with Gasteiger partial charge < -0.3 is 14.8 Å². The first-order chi connectivity index (χ1) is 8.40. The van der Waals surface area contributed by atoms with Crippen molar-refractivity contribution < 1.29 is 9.47 Å². The van der Waals surface area contributed by atoms with Crippen LogP contribution in [-0.4, -0.2) is 31.9 Å². The molecule has 0 saturated carbocycles. The number of nitrogens with one attached hydrogen (secondary N) is 1. The number of rotatable bonds is 5. The van der Waals surface area contributed by atoms with Crippen LogP contribution in [0.5, 0.6) is 0 Å². The minimum absolute atomic E-state index is 0.170. The second-order valence-electron chi connectivity index (χ2n) is 4.36. The molecule has 1 saturated heterocycles. The molecule has 0 aliphatic carbocycles. The molecule has 3 nitrogen and oxygen atoms in total. The molecule has 1 aromatic rings.